The van der Waals surface area contributed by atoms with Crippen LogP contribution < -0.4 is 0 Å². The lowest BCUT2D eigenvalue weighted by molar-refractivity contribution is -0.135. The van der Waals surface area contributed by atoms with E-state index in [0.717, 1.165) is 61.9 Å². The smallest absolute Gasteiger partial charge is 0.235 e. The van der Waals surface area contributed by atoms with Crippen LogP contribution in [0.3, 0.4) is 0 Å². The highest BCUT2D eigenvalue weighted by atomic mass is 32.1. The lowest BCUT2D eigenvalue weighted by atomic mass is 9.99. The molecule has 0 N–H and O–H groups in total. The molecular weight excluding hydrogens is 394 g/mol. The Kier molecular flexibility index (Phi) is 5.27. The average molecular weight is 420 g/mol. The van der Waals surface area contributed by atoms with Gasteiger partial charge in [-0.3, -0.25) is 9.69 Å². The summed E-state index contributed by atoms with van der Waals surface area (Å²) in [7, 11) is 0. The summed E-state index contributed by atoms with van der Waals surface area (Å²) in [4.78, 5) is 18.8. The van der Waals surface area contributed by atoms with Crippen LogP contribution in [0.2, 0.25) is 0 Å². The van der Waals surface area contributed by atoms with E-state index in [-0.39, 0.29) is 5.91 Å². The van der Waals surface area contributed by atoms with Crippen molar-refractivity contribution in [3.63, 3.8) is 0 Å². The maximum absolute atomic E-state index is 13.3. The fourth-order valence-electron chi connectivity index (χ4n) is 4.08. The molecule has 6 heteroatoms. The number of nitrogens with zero attached hydrogens (tertiary/aromatic N) is 3. The van der Waals surface area contributed by atoms with E-state index in [9.17, 15) is 4.79 Å². The Hall–Kier alpha value is -2.70. The molecule has 1 saturated heterocycles. The van der Waals surface area contributed by atoms with Crippen molar-refractivity contribution >= 4 is 23.3 Å². The second-order valence-electron chi connectivity index (χ2n) is 8.04. The molecule has 2 fully saturated rings. The van der Waals surface area contributed by atoms with Crippen molar-refractivity contribution in [2.24, 2.45) is 0 Å². The number of benzene rings is 1. The lowest BCUT2D eigenvalue weighted by Crippen LogP contribution is -2.51. The molecule has 0 spiro atoms. The molecule has 1 saturated carbocycles. The van der Waals surface area contributed by atoms with Gasteiger partial charge in [0.1, 0.15) is 0 Å². The van der Waals surface area contributed by atoms with Gasteiger partial charge in [-0.1, -0.05) is 53.7 Å². The van der Waals surface area contributed by atoms with Crippen molar-refractivity contribution in [2.75, 3.05) is 32.7 Å². The molecule has 30 heavy (non-hydrogen) atoms. The largest absolute Gasteiger partial charge is 0.355 e. The number of rotatable bonds is 6. The van der Waals surface area contributed by atoms with Gasteiger partial charge in [0.2, 0.25) is 5.91 Å². The number of carbonyl (C=O) groups excluding carboxylic acids is 1. The zero-order valence-electron chi connectivity index (χ0n) is 16.9. The standard InChI is InChI=1S/C24H25N3O2S/c28-23(24(10-11-24)22-18-20(29-25-22)21-9-5-17-30-21)27-15-13-26(14-16-27)12-4-8-19-6-2-1-3-7-19/h1-9,17-18H,10-16H2. The summed E-state index contributed by atoms with van der Waals surface area (Å²) in [6.45, 7) is 4.26. The predicted molar refractivity (Wildman–Crippen MR) is 119 cm³/mol. The summed E-state index contributed by atoms with van der Waals surface area (Å²) in [5.41, 5.74) is 1.55. The van der Waals surface area contributed by atoms with E-state index in [1.807, 2.05) is 34.5 Å². The molecule has 2 aromatic heterocycles. The molecule has 2 aliphatic rings. The molecule has 5 rings (SSSR count). The molecule has 0 atom stereocenters. The first-order chi connectivity index (χ1) is 14.7. The summed E-state index contributed by atoms with van der Waals surface area (Å²) in [5, 5.41) is 6.29. The number of hydrogen-bond acceptors (Lipinski definition) is 5. The Labute approximate surface area is 180 Å². The first-order valence-electron chi connectivity index (χ1n) is 10.5. The topological polar surface area (TPSA) is 49.6 Å². The van der Waals surface area contributed by atoms with Crippen LogP contribution in [0.25, 0.3) is 16.7 Å². The van der Waals surface area contributed by atoms with Gasteiger partial charge >= 0.3 is 0 Å². The zero-order chi connectivity index (χ0) is 20.4. The maximum atomic E-state index is 13.3. The highest BCUT2D eigenvalue weighted by molar-refractivity contribution is 7.13. The van der Waals surface area contributed by atoms with Gasteiger partial charge in [-0.05, 0) is 29.9 Å². The molecule has 1 aromatic carbocycles. The quantitative estimate of drug-likeness (QED) is 0.598. The minimum Gasteiger partial charge on any atom is -0.355 e. The van der Waals surface area contributed by atoms with E-state index in [1.54, 1.807) is 11.3 Å². The van der Waals surface area contributed by atoms with Gasteiger partial charge in [-0.25, -0.2) is 0 Å². The van der Waals surface area contributed by atoms with E-state index >= 15 is 0 Å². The molecule has 0 radical (unpaired) electrons. The molecule has 1 aliphatic heterocycles. The van der Waals surface area contributed by atoms with Crippen molar-refractivity contribution in [3.05, 3.63) is 71.2 Å². The Bertz CT molecular complexity index is 1010. The summed E-state index contributed by atoms with van der Waals surface area (Å²) in [6.07, 6.45) is 6.09. The summed E-state index contributed by atoms with van der Waals surface area (Å²) in [6, 6.07) is 16.3. The van der Waals surface area contributed by atoms with Gasteiger partial charge in [0.05, 0.1) is 16.0 Å². The highest BCUT2D eigenvalue weighted by Gasteiger charge is 2.55. The van der Waals surface area contributed by atoms with Crippen LogP contribution in [0.5, 0.6) is 0 Å². The fourth-order valence-corrected chi connectivity index (χ4v) is 4.75. The van der Waals surface area contributed by atoms with E-state index in [2.05, 4.69) is 46.5 Å². The second kappa shape index (κ2) is 8.20. The average Bonchev–Trinajstić information content (AvgIpc) is 3.18. The predicted octanol–water partition coefficient (Wildman–Crippen LogP) is 4.29. The number of amides is 1. The van der Waals surface area contributed by atoms with Crippen LogP contribution in [0.1, 0.15) is 24.1 Å². The molecule has 1 aliphatic carbocycles. The number of carbonyl (C=O) groups is 1. The molecule has 154 valence electrons. The number of thiophene rings is 1. The molecule has 3 heterocycles. The molecule has 0 bridgehead atoms. The van der Waals surface area contributed by atoms with E-state index in [4.69, 9.17) is 4.52 Å². The Morgan fingerprint density at radius 1 is 1.10 bits per heavy atom. The molecule has 5 nitrogen and oxygen atoms in total. The SMILES string of the molecule is O=C(N1CCN(CC=Cc2ccccc2)CC1)C1(c2cc(-c3cccs3)on2)CC1. The summed E-state index contributed by atoms with van der Waals surface area (Å²) < 4.78 is 5.54. The molecule has 3 aromatic rings. The van der Waals surface area contributed by atoms with Crippen LogP contribution in [0.15, 0.2) is 64.5 Å². The monoisotopic (exact) mass is 419 g/mol. The van der Waals surface area contributed by atoms with Gasteiger partial charge in [0.25, 0.3) is 0 Å². The first kappa shape index (κ1) is 19.3. The zero-order valence-corrected chi connectivity index (χ0v) is 17.7. The van der Waals surface area contributed by atoms with Crippen molar-refractivity contribution < 1.29 is 9.32 Å². The second-order valence-corrected chi connectivity index (χ2v) is 8.99. The number of piperazine rings is 1. The molecular formula is C24H25N3O2S. The number of aromatic nitrogens is 1. The minimum atomic E-state index is -0.464. The van der Waals surface area contributed by atoms with Gasteiger partial charge < -0.3 is 9.42 Å². The van der Waals surface area contributed by atoms with Gasteiger partial charge in [0, 0.05) is 38.8 Å². The van der Waals surface area contributed by atoms with Crippen molar-refractivity contribution in [3.8, 4) is 10.6 Å². The third-order valence-electron chi connectivity index (χ3n) is 6.06. The highest BCUT2D eigenvalue weighted by Crippen LogP contribution is 2.50. The van der Waals surface area contributed by atoms with Crippen LogP contribution in [-0.4, -0.2) is 53.6 Å². The Morgan fingerprint density at radius 3 is 2.60 bits per heavy atom. The van der Waals surface area contributed by atoms with Crippen LogP contribution >= 0.6 is 11.3 Å². The first-order valence-corrected chi connectivity index (χ1v) is 11.4. The fraction of sp³-hybridized carbons (Fsp3) is 0.333. The summed E-state index contributed by atoms with van der Waals surface area (Å²) >= 11 is 1.62. The van der Waals surface area contributed by atoms with Crippen molar-refractivity contribution in [2.45, 2.75) is 18.3 Å². The Balaban J connectivity index is 1.17. The van der Waals surface area contributed by atoms with Crippen molar-refractivity contribution in [1.82, 2.24) is 15.0 Å². The Morgan fingerprint density at radius 2 is 1.90 bits per heavy atom. The minimum absolute atomic E-state index is 0.216. The molecule has 0 unspecified atom stereocenters. The normalized spacial score (nSPS) is 18.7. The maximum Gasteiger partial charge on any atom is 0.235 e. The van der Waals surface area contributed by atoms with Gasteiger partial charge in [-0.15, -0.1) is 11.3 Å². The van der Waals surface area contributed by atoms with Gasteiger partial charge in [0.15, 0.2) is 5.76 Å². The van der Waals surface area contributed by atoms with Crippen LogP contribution in [0, 0.1) is 0 Å². The number of hydrogen-bond donors (Lipinski definition) is 0. The molecule has 1 amide bonds. The van der Waals surface area contributed by atoms with E-state index in [0.29, 0.717) is 0 Å². The summed E-state index contributed by atoms with van der Waals surface area (Å²) in [5.74, 6) is 0.974. The van der Waals surface area contributed by atoms with Crippen LogP contribution in [-0.2, 0) is 10.2 Å². The third kappa shape index (κ3) is 3.85. The van der Waals surface area contributed by atoms with Gasteiger partial charge in [-0.2, -0.15) is 0 Å². The van der Waals surface area contributed by atoms with Crippen LogP contribution in [0.4, 0.5) is 0 Å². The van der Waals surface area contributed by atoms with E-state index in [1.165, 1.54) is 5.56 Å². The van der Waals surface area contributed by atoms with Crippen molar-refractivity contribution in [1.29, 1.82) is 0 Å². The third-order valence-corrected chi connectivity index (χ3v) is 6.94. The lowest BCUT2D eigenvalue weighted by Gasteiger charge is -2.35. The van der Waals surface area contributed by atoms with E-state index < -0.39 is 5.41 Å².